The molecule has 0 spiro atoms. The van der Waals surface area contributed by atoms with Crippen molar-refractivity contribution in [2.24, 2.45) is 0 Å². The van der Waals surface area contributed by atoms with Crippen LogP contribution in [0.15, 0.2) is 29.2 Å². The van der Waals surface area contributed by atoms with E-state index in [1.165, 1.54) is 24.3 Å². The maximum absolute atomic E-state index is 12.5. The second-order valence-corrected chi connectivity index (χ2v) is 8.80. The molecule has 1 unspecified atom stereocenters. The molecule has 0 bridgehead atoms. The highest BCUT2D eigenvalue weighted by atomic mass is 32.2. The smallest absolute Gasteiger partial charge is 0.338 e. The van der Waals surface area contributed by atoms with Crippen LogP contribution in [0.5, 0.6) is 0 Å². The number of carbonyl (C=O) groups is 2. The Bertz CT molecular complexity index is 768. The van der Waals surface area contributed by atoms with E-state index in [4.69, 9.17) is 4.74 Å². The summed E-state index contributed by atoms with van der Waals surface area (Å²) in [5.41, 5.74) is 0.0946. The Hall–Kier alpha value is -1.93. The molecule has 1 N–H and O–H groups in total. The molecule has 0 aromatic heterocycles. The summed E-state index contributed by atoms with van der Waals surface area (Å²) in [5.74, 6) is -0.928. The zero-order valence-electron chi connectivity index (χ0n) is 16.1. The van der Waals surface area contributed by atoms with Crippen molar-refractivity contribution in [3.8, 4) is 0 Å². The molecule has 1 aliphatic rings. The van der Waals surface area contributed by atoms with Gasteiger partial charge in [-0.05, 0) is 51.8 Å². The first-order valence-corrected chi connectivity index (χ1v) is 10.8. The van der Waals surface area contributed by atoms with Gasteiger partial charge in [-0.1, -0.05) is 18.9 Å². The Kier molecular flexibility index (Phi) is 7.38. The molecular weight excluding hydrogens is 368 g/mol. The maximum Gasteiger partial charge on any atom is 0.338 e. The first kappa shape index (κ1) is 21.4. The Morgan fingerprint density at radius 1 is 1.07 bits per heavy atom. The second-order valence-electron chi connectivity index (χ2n) is 7.09. The number of sulfonamides is 1. The molecule has 1 aromatic rings. The molecule has 8 heteroatoms. The summed E-state index contributed by atoms with van der Waals surface area (Å²) in [6.07, 6.45) is 3.20. The van der Waals surface area contributed by atoms with E-state index in [0.717, 1.165) is 25.7 Å². The highest BCUT2D eigenvalue weighted by molar-refractivity contribution is 7.89. The highest BCUT2D eigenvalue weighted by Gasteiger charge is 2.25. The van der Waals surface area contributed by atoms with Gasteiger partial charge in [0.25, 0.3) is 5.91 Å². The summed E-state index contributed by atoms with van der Waals surface area (Å²) in [7, 11) is -3.71. The molecule has 0 saturated carbocycles. The van der Waals surface area contributed by atoms with Crippen molar-refractivity contribution in [2.45, 2.75) is 63.5 Å². The molecular formula is C19H28N2O5S. The number of carbonyl (C=O) groups excluding carboxylic acids is 2. The monoisotopic (exact) mass is 396 g/mol. The van der Waals surface area contributed by atoms with Crippen LogP contribution in [-0.2, 0) is 19.6 Å². The summed E-state index contributed by atoms with van der Waals surface area (Å²) in [4.78, 5) is 26.6. The fourth-order valence-electron chi connectivity index (χ4n) is 3.00. The molecule has 1 aliphatic heterocycles. The fraction of sp³-hybridized carbons (Fsp3) is 0.579. The number of nitrogens with one attached hydrogen (secondary N) is 1. The third kappa shape index (κ3) is 6.04. The molecule has 1 aromatic carbocycles. The van der Waals surface area contributed by atoms with Gasteiger partial charge in [-0.3, -0.25) is 4.79 Å². The molecule has 1 saturated heterocycles. The minimum absolute atomic E-state index is 0.0165. The molecule has 1 heterocycles. The van der Waals surface area contributed by atoms with E-state index in [2.05, 4.69) is 4.72 Å². The van der Waals surface area contributed by atoms with Gasteiger partial charge in [-0.15, -0.1) is 0 Å². The third-order valence-corrected chi connectivity index (χ3v) is 5.98. The van der Waals surface area contributed by atoms with E-state index in [9.17, 15) is 18.0 Å². The van der Waals surface area contributed by atoms with E-state index >= 15 is 0 Å². The number of hydrogen-bond acceptors (Lipinski definition) is 5. The molecule has 0 radical (unpaired) electrons. The Morgan fingerprint density at radius 2 is 1.70 bits per heavy atom. The van der Waals surface area contributed by atoms with Gasteiger partial charge in [0.1, 0.15) is 0 Å². The first-order valence-electron chi connectivity index (χ1n) is 9.33. The van der Waals surface area contributed by atoms with Crippen molar-refractivity contribution in [1.82, 2.24) is 9.62 Å². The van der Waals surface area contributed by atoms with Crippen LogP contribution in [0.2, 0.25) is 0 Å². The number of ether oxygens (including phenoxy) is 1. The predicted molar refractivity (Wildman–Crippen MR) is 102 cm³/mol. The standard InChI is InChI=1S/C19H28N2O5S/c1-14(2)20-27(24,25)17-10-8-9-16(13-17)19(23)26-15(3)18(22)21-11-6-4-5-7-12-21/h8-10,13-15,20H,4-7,11-12H2,1-3H3. The molecule has 2 rings (SSSR count). The third-order valence-electron chi connectivity index (χ3n) is 4.32. The number of amides is 1. The van der Waals surface area contributed by atoms with Crippen LogP contribution in [-0.4, -0.2) is 50.4 Å². The van der Waals surface area contributed by atoms with E-state index in [-0.39, 0.29) is 22.4 Å². The van der Waals surface area contributed by atoms with Crippen LogP contribution < -0.4 is 4.72 Å². The van der Waals surface area contributed by atoms with Crippen molar-refractivity contribution >= 4 is 21.9 Å². The number of esters is 1. The molecule has 7 nitrogen and oxygen atoms in total. The molecule has 150 valence electrons. The van der Waals surface area contributed by atoms with Crippen molar-refractivity contribution in [3.05, 3.63) is 29.8 Å². The van der Waals surface area contributed by atoms with Gasteiger partial charge >= 0.3 is 5.97 Å². The van der Waals surface area contributed by atoms with E-state index in [0.29, 0.717) is 13.1 Å². The van der Waals surface area contributed by atoms with Crippen molar-refractivity contribution in [3.63, 3.8) is 0 Å². The first-order chi connectivity index (χ1) is 12.7. The van der Waals surface area contributed by atoms with Gasteiger partial charge in [0, 0.05) is 19.1 Å². The predicted octanol–water partition coefficient (Wildman–Crippen LogP) is 2.32. The van der Waals surface area contributed by atoms with E-state index in [1.54, 1.807) is 25.7 Å². The van der Waals surface area contributed by atoms with Gasteiger partial charge in [-0.2, -0.15) is 0 Å². The number of hydrogen-bond donors (Lipinski definition) is 1. The summed E-state index contributed by atoms with van der Waals surface area (Å²) >= 11 is 0. The minimum atomic E-state index is -3.71. The number of rotatable bonds is 6. The van der Waals surface area contributed by atoms with Crippen LogP contribution >= 0.6 is 0 Å². The lowest BCUT2D eigenvalue weighted by molar-refractivity contribution is -0.139. The molecule has 27 heavy (non-hydrogen) atoms. The van der Waals surface area contributed by atoms with Gasteiger partial charge in [0.05, 0.1) is 10.5 Å². The Balaban J connectivity index is 2.07. The van der Waals surface area contributed by atoms with Gasteiger partial charge < -0.3 is 9.64 Å². The van der Waals surface area contributed by atoms with E-state index in [1.807, 2.05) is 0 Å². The van der Waals surface area contributed by atoms with Crippen LogP contribution in [0.4, 0.5) is 0 Å². The van der Waals surface area contributed by atoms with Crippen LogP contribution in [0, 0.1) is 0 Å². The summed E-state index contributed by atoms with van der Waals surface area (Å²) in [6, 6.07) is 5.35. The number of nitrogens with zero attached hydrogens (tertiary/aromatic N) is 1. The molecule has 1 amide bonds. The lowest BCUT2D eigenvalue weighted by Crippen LogP contribution is -2.40. The van der Waals surface area contributed by atoms with Crippen LogP contribution in [0.3, 0.4) is 0 Å². The largest absolute Gasteiger partial charge is 0.449 e. The minimum Gasteiger partial charge on any atom is -0.449 e. The van der Waals surface area contributed by atoms with E-state index < -0.39 is 22.1 Å². The van der Waals surface area contributed by atoms with Gasteiger partial charge in [0.2, 0.25) is 10.0 Å². The number of likely N-dealkylation sites (tertiary alicyclic amines) is 1. The summed E-state index contributed by atoms with van der Waals surface area (Å²) in [5, 5.41) is 0. The molecule has 1 atom stereocenters. The molecule has 1 fully saturated rings. The Morgan fingerprint density at radius 3 is 2.30 bits per heavy atom. The average Bonchev–Trinajstić information content (AvgIpc) is 2.89. The lowest BCUT2D eigenvalue weighted by Gasteiger charge is -2.24. The Labute approximate surface area is 161 Å². The van der Waals surface area contributed by atoms with Crippen molar-refractivity contribution < 1.29 is 22.7 Å². The van der Waals surface area contributed by atoms with Crippen LogP contribution in [0.25, 0.3) is 0 Å². The fourth-order valence-corrected chi connectivity index (χ4v) is 4.29. The van der Waals surface area contributed by atoms with Gasteiger partial charge in [0.15, 0.2) is 6.10 Å². The number of benzene rings is 1. The summed E-state index contributed by atoms with van der Waals surface area (Å²) < 4.78 is 32.3. The zero-order valence-corrected chi connectivity index (χ0v) is 16.9. The summed E-state index contributed by atoms with van der Waals surface area (Å²) in [6.45, 7) is 6.33. The highest BCUT2D eigenvalue weighted by Crippen LogP contribution is 2.15. The van der Waals surface area contributed by atoms with Crippen LogP contribution in [0.1, 0.15) is 56.8 Å². The lowest BCUT2D eigenvalue weighted by atomic mass is 10.2. The average molecular weight is 397 g/mol. The SMILES string of the molecule is CC(C)NS(=O)(=O)c1cccc(C(=O)OC(C)C(=O)N2CCCCCC2)c1. The van der Waals surface area contributed by atoms with Crippen molar-refractivity contribution in [2.75, 3.05) is 13.1 Å². The molecule has 0 aliphatic carbocycles. The quantitative estimate of drug-likeness (QED) is 0.745. The zero-order chi connectivity index (χ0) is 20.0. The topological polar surface area (TPSA) is 92.8 Å². The van der Waals surface area contributed by atoms with Gasteiger partial charge in [-0.25, -0.2) is 17.9 Å². The second kappa shape index (κ2) is 9.32. The normalized spacial score (nSPS) is 16.7. The van der Waals surface area contributed by atoms with Crippen molar-refractivity contribution in [1.29, 1.82) is 0 Å². The maximum atomic E-state index is 12.5.